The van der Waals surface area contributed by atoms with Crippen molar-refractivity contribution < 1.29 is 0 Å². The molecule has 1 heteroatoms. The Bertz CT molecular complexity index is 130. The third-order valence-corrected chi connectivity index (χ3v) is 1.15. The van der Waals surface area contributed by atoms with Crippen LogP contribution in [-0.4, -0.2) is 23.1 Å². The van der Waals surface area contributed by atoms with Crippen molar-refractivity contribution in [3.63, 3.8) is 0 Å². The molecule has 0 radical (unpaired) electrons. The molecule has 0 heterocycles. The second kappa shape index (κ2) is 8.09. The van der Waals surface area contributed by atoms with E-state index in [1.165, 1.54) is 0 Å². The zero-order chi connectivity index (χ0) is 7.98. The Morgan fingerprint density at radius 2 is 2.09 bits per heavy atom. The Labute approximate surface area is 86.9 Å². The SMILES string of the molecule is C=C(C)[CH-]CC/C=C(\[CH2-])C.[Mg+2]. The second-order valence-electron chi connectivity index (χ2n) is 2.68. The predicted octanol–water partition coefficient (Wildman–Crippen LogP) is 2.95. The fourth-order valence-corrected chi connectivity index (χ4v) is 0.659. The average Bonchev–Trinajstić information content (AvgIpc) is 1.79. The van der Waals surface area contributed by atoms with Crippen molar-refractivity contribution in [2.75, 3.05) is 0 Å². The Morgan fingerprint density at radius 1 is 1.55 bits per heavy atom. The molecule has 0 saturated carbocycles. The van der Waals surface area contributed by atoms with Gasteiger partial charge in [0.1, 0.15) is 0 Å². The molecule has 0 aromatic carbocycles. The molecular formula is C10H16Mg. The normalized spacial score (nSPS) is 10.2. The minimum absolute atomic E-state index is 0. The molecule has 0 fully saturated rings. The molecule has 0 unspecified atom stereocenters. The summed E-state index contributed by atoms with van der Waals surface area (Å²) in [5.74, 6) is 0. The summed E-state index contributed by atoms with van der Waals surface area (Å²) < 4.78 is 0. The standard InChI is InChI=1S/C10H16.Mg/c1-9(2)7-5-6-8-10(3)4;/h7-8H,1,3,5-6H2,2,4H3;/q-2;+2/b9-7+;. The van der Waals surface area contributed by atoms with Crippen LogP contribution < -0.4 is 0 Å². The van der Waals surface area contributed by atoms with Crippen molar-refractivity contribution in [3.05, 3.63) is 37.1 Å². The van der Waals surface area contributed by atoms with E-state index in [-0.39, 0.29) is 23.1 Å². The van der Waals surface area contributed by atoms with Crippen LogP contribution in [0.2, 0.25) is 0 Å². The van der Waals surface area contributed by atoms with Gasteiger partial charge in [-0.2, -0.15) is 0 Å². The number of allylic oxidation sites excluding steroid dienone is 3. The average molecular weight is 161 g/mol. The fourth-order valence-electron chi connectivity index (χ4n) is 0.659. The van der Waals surface area contributed by atoms with Gasteiger partial charge in [0, 0.05) is 0 Å². The zero-order valence-electron chi connectivity index (χ0n) is 7.69. The van der Waals surface area contributed by atoms with Crippen LogP contribution in [0.1, 0.15) is 26.7 Å². The molecule has 0 N–H and O–H groups in total. The fraction of sp³-hybridized carbons (Fsp3) is 0.400. The van der Waals surface area contributed by atoms with Crippen molar-refractivity contribution in [1.29, 1.82) is 0 Å². The van der Waals surface area contributed by atoms with E-state index in [0.717, 1.165) is 24.0 Å². The summed E-state index contributed by atoms with van der Waals surface area (Å²) in [6.07, 6.45) is 6.45. The maximum atomic E-state index is 3.78. The van der Waals surface area contributed by atoms with E-state index in [1.807, 2.05) is 13.8 Å². The summed E-state index contributed by atoms with van der Waals surface area (Å²) >= 11 is 0. The number of hydrogen-bond acceptors (Lipinski definition) is 0. The summed E-state index contributed by atoms with van der Waals surface area (Å²) in [6.45, 7) is 11.6. The van der Waals surface area contributed by atoms with E-state index < -0.39 is 0 Å². The van der Waals surface area contributed by atoms with Gasteiger partial charge in [-0.25, -0.2) is 37.1 Å². The topological polar surface area (TPSA) is 0 Å². The largest absolute Gasteiger partial charge is 2.00 e. The molecule has 0 aliphatic rings. The van der Waals surface area contributed by atoms with Gasteiger partial charge in [0.15, 0.2) is 0 Å². The van der Waals surface area contributed by atoms with Gasteiger partial charge in [-0.05, 0) is 0 Å². The van der Waals surface area contributed by atoms with Gasteiger partial charge in [-0.1, -0.05) is 13.8 Å². The number of unbranched alkanes of at least 4 members (excludes halogenated alkanes) is 1. The summed E-state index contributed by atoms with van der Waals surface area (Å²) in [4.78, 5) is 0. The molecule has 58 valence electrons. The molecule has 0 aromatic heterocycles. The predicted molar refractivity (Wildman–Crippen MR) is 53.2 cm³/mol. The molecule has 0 bridgehead atoms. The summed E-state index contributed by atoms with van der Waals surface area (Å²) in [6, 6.07) is 0. The molecular weight excluding hydrogens is 144 g/mol. The zero-order valence-corrected chi connectivity index (χ0v) is 9.10. The van der Waals surface area contributed by atoms with Crippen molar-refractivity contribution >= 4 is 23.1 Å². The van der Waals surface area contributed by atoms with Gasteiger partial charge in [-0.3, -0.25) is 0 Å². The minimum atomic E-state index is 0. The van der Waals surface area contributed by atoms with Gasteiger partial charge in [-0.15, -0.1) is 12.8 Å². The molecule has 0 aliphatic carbocycles. The monoisotopic (exact) mass is 160 g/mol. The Morgan fingerprint density at radius 3 is 2.45 bits per heavy atom. The van der Waals surface area contributed by atoms with Crippen LogP contribution >= 0.6 is 0 Å². The van der Waals surface area contributed by atoms with Crippen molar-refractivity contribution in [3.8, 4) is 0 Å². The van der Waals surface area contributed by atoms with E-state index in [2.05, 4.69) is 26.0 Å². The van der Waals surface area contributed by atoms with Crippen LogP contribution in [0.3, 0.4) is 0 Å². The van der Waals surface area contributed by atoms with E-state index in [4.69, 9.17) is 0 Å². The van der Waals surface area contributed by atoms with Gasteiger partial charge < -0.3 is 0 Å². The number of rotatable bonds is 4. The minimum Gasteiger partial charge on any atom is -0.242 e. The molecule has 0 saturated heterocycles. The van der Waals surface area contributed by atoms with Crippen molar-refractivity contribution in [2.45, 2.75) is 26.7 Å². The van der Waals surface area contributed by atoms with Crippen molar-refractivity contribution in [1.82, 2.24) is 0 Å². The molecule has 0 atom stereocenters. The second-order valence-corrected chi connectivity index (χ2v) is 2.68. The van der Waals surface area contributed by atoms with Crippen LogP contribution in [0.4, 0.5) is 0 Å². The summed E-state index contributed by atoms with van der Waals surface area (Å²) in [5.41, 5.74) is 2.30. The summed E-state index contributed by atoms with van der Waals surface area (Å²) in [5, 5.41) is 0. The molecule has 0 rings (SSSR count). The molecule has 0 nitrogen and oxygen atoms in total. The maximum Gasteiger partial charge on any atom is 2.00 e. The van der Waals surface area contributed by atoms with Crippen LogP contribution in [0.15, 0.2) is 23.8 Å². The smallest absolute Gasteiger partial charge is 0.242 e. The van der Waals surface area contributed by atoms with Crippen molar-refractivity contribution in [2.24, 2.45) is 0 Å². The number of hydrogen-bond donors (Lipinski definition) is 0. The van der Waals surface area contributed by atoms with E-state index in [0.29, 0.717) is 0 Å². The third kappa shape index (κ3) is 13.0. The molecule has 11 heavy (non-hydrogen) atoms. The Kier molecular flexibility index (Phi) is 9.97. The van der Waals surface area contributed by atoms with Crippen LogP contribution in [0.25, 0.3) is 0 Å². The van der Waals surface area contributed by atoms with E-state index >= 15 is 0 Å². The van der Waals surface area contributed by atoms with Crippen LogP contribution in [0.5, 0.6) is 0 Å². The van der Waals surface area contributed by atoms with E-state index in [9.17, 15) is 0 Å². The Balaban J connectivity index is 0. The molecule has 0 spiro atoms. The maximum absolute atomic E-state index is 3.78. The first-order valence-corrected chi connectivity index (χ1v) is 3.60. The first-order chi connectivity index (χ1) is 4.63. The van der Waals surface area contributed by atoms with Gasteiger partial charge in [0.25, 0.3) is 0 Å². The molecule has 0 aromatic rings. The van der Waals surface area contributed by atoms with Crippen LogP contribution in [-0.2, 0) is 0 Å². The van der Waals surface area contributed by atoms with E-state index in [1.54, 1.807) is 0 Å². The summed E-state index contributed by atoms with van der Waals surface area (Å²) in [7, 11) is 0. The molecule has 0 aliphatic heterocycles. The Hall–Kier alpha value is -0.0138. The van der Waals surface area contributed by atoms with Gasteiger partial charge >= 0.3 is 23.1 Å². The third-order valence-electron chi connectivity index (χ3n) is 1.15. The molecule has 0 amide bonds. The first kappa shape index (κ1) is 13.6. The van der Waals surface area contributed by atoms with Crippen LogP contribution in [0, 0.1) is 13.3 Å². The quantitative estimate of drug-likeness (QED) is 0.337. The first-order valence-electron chi connectivity index (χ1n) is 3.60. The van der Waals surface area contributed by atoms with Gasteiger partial charge in [0.2, 0.25) is 0 Å². The van der Waals surface area contributed by atoms with Gasteiger partial charge in [0.05, 0.1) is 0 Å².